The van der Waals surface area contributed by atoms with E-state index in [1.165, 1.54) is 0 Å². The number of hydrogen-bond donors (Lipinski definition) is 2. The van der Waals surface area contributed by atoms with Crippen molar-refractivity contribution in [3.8, 4) is 0 Å². The molecule has 2 N–H and O–H groups in total. The van der Waals surface area contributed by atoms with Crippen LogP contribution in [0.25, 0.3) is 0 Å². The van der Waals surface area contributed by atoms with Crippen molar-refractivity contribution >= 4 is 11.9 Å². The minimum atomic E-state index is -0.398. The normalized spacial score (nSPS) is 24.8. The Kier molecular flexibility index (Phi) is 4.52. The number of hydrogen-bond acceptors (Lipinski definition) is 3. The number of nitrogens with one attached hydrogen (secondary N) is 1. The van der Waals surface area contributed by atoms with Crippen molar-refractivity contribution in [3.63, 3.8) is 0 Å². The number of rotatable bonds is 3. The van der Waals surface area contributed by atoms with Crippen molar-refractivity contribution in [2.24, 2.45) is 5.92 Å². The fourth-order valence-electron chi connectivity index (χ4n) is 2.94. The lowest BCUT2D eigenvalue weighted by Gasteiger charge is -2.42. The van der Waals surface area contributed by atoms with E-state index in [0.29, 0.717) is 13.1 Å². The molecule has 1 unspecified atom stereocenters. The standard InChI is InChI=1S/C14H25N3O3/c1-16(2)13(20)17-8-3-5-11(9-17)12(19)15-14(10-18)6-4-7-14/h11,18H,3-10H2,1-2H3,(H,15,19). The summed E-state index contributed by atoms with van der Waals surface area (Å²) in [5.74, 6) is -0.174. The predicted octanol–water partition coefficient (Wildman–Crippen LogP) is 0.411. The molecule has 1 heterocycles. The average Bonchev–Trinajstić information content (AvgIpc) is 2.41. The number of carbonyl (C=O) groups is 2. The Bertz CT molecular complexity index is 374. The Morgan fingerprint density at radius 1 is 1.35 bits per heavy atom. The largest absolute Gasteiger partial charge is 0.394 e. The molecule has 1 saturated heterocycles. The molecule has 114 valence electrons. The molecular weight excluding hydrogens is 258 g/mol. The highest BCUT2D eigenvalue weighted by atomic mass is 16.3. The molecule has 6 heteroatoms. The van der Waals surface area contributed by atoms with Gasteiger partial charge in [0.2, 0.25) is 5.91 Å². The molecule has 2 rings (SSSR count). The van der Waals surface area contributed by atoms with Crippen LogP contribution in [0.1, 0.15) is 32.1 Å². The quantitative estimate of drug-likeness (QED) is 0.788. The van der Waals surface area contributed by atoms with Gasteiger partial charge in [-0.25, -0.2) is 4.79 Å². The summed E-state index contributed by atoms with van der Waals surface area (Å²) in [5, 5.41) is 12.4. The summed E-state index contributed by atoms with van der Waals surface area (Å²) >= 11 is 0. The number of urea groups is 1. The number of aliphatic hydroxyl groups is 1. The first-order valence-electron chi connectivity index (χ1n) is 7.36. The van der Waals surface area contributed by atoms with Crippen LogP contribution in [0.2, 0.25) is 0 Å². The first kappa shape index (κ1) is 15.1. The second-order valence-electron chi connectivity index (χ2n) is 6.24. The maximum atomic E-state index is 12.3. The van der Waals surface area contributed by atoms with Gasteiger partial charge in [0.1, 0.15) is 0 Å². The molecule has 1 atom stereocenters. The lowest BCUT2D eigenvalue weighted by atomic mass is 9.77. The summed E-state index contributed by atoms with van der Waals surface area (Å²) in [4.78, 5) is 27.6. The second-order valence-corrected chi connectivity index (χ2v) is 6.24. The van der Waals surface area contributed by atoms with Gasteiger partial charge >= 0.3 is 6.03 Å². The third-order valence-electron chi connectivity index (χ3n) is 4.45. The number of carbonyl (C=O) groups excluding carboxylic acids is 2. The summed E-state index contributed by atoms with van der Waals surface area (Å²) in [5.41, 5.74) is -0.398. The Hall–Kier alpha value is -1.30. The van der Waals surface area contributed by atoms with Crippen LogP contribution in [-0.2, 0) is 4.79 Å². The number of aliphatic hydroxyl groups excluding tert-OH is 1. The highest BCUT2D eigenvalue weighted by Crippen LogP contribution is 2.32. The van der Waals surface area contributed by atoms with E-state index in [-0.39, 0.29) is 24.5 Å². The van der Waals surface area contributed by atoms with E-state index < -0.39 is 5.54 Å². The molecule has 0 aromatic heterocycles. The molecule has 0 aromatic rings. The van der Waals surface area contributed by atoms with Gasteiger partial charge in [-0.1, -0.05) is 0 Å². The Morgan fingerprint density at radius 2 is 2.05 bits per heavy atom. The summed E-state index contributed by atoms with van der Waals surface area (Å²) in [6, 6.07) is -0.0389. The van der Waals surface area contributed by atoms with Crippen molar-refractivity contribution in [2.45, 2.75) is 37.6 Å². The van der Waals surface area contributed by atoms with Gasteiger partial charge in [0.25, 0.3) is 0 Å². The van der Waals surface area contributed by atoms with Crippen LogP contribution in [0.3, 0.4) is 0 Å². The van der Waals surface area contributed by atoms with Gasteiger partial charge in [-0.2, -0.15) is 0 Å². The lowest BCUT2D eigenvalue weighted by Crippen LogP contribution is -2.59. The van der Waals surface area contributed by atoms with Crippen molar-refractivity contribution in [3.05, 3.63) is 0 Å². The fourth-order valence-corrected chi connectivity index (χ4v) is 2.94. The molecular formula is C14H25N3O3. The molecule has 0 radical (unpaired) electrons. The number of piperidine rings is 1. The molecule has 0 aromatic carbocycles. The van der Waals surface area contributed by atoms with Gasteiger partial charge in [-0.15, -0.1) is 0 Å². The Morgan fingerprint density at radius 3 is 2.55 bits per heavy atom. The average molecular weight is 283 g/mol. The highest BCUT2D eigenvalue weighted by molar-refractivity contribution is 5.81. The molecule has 0 spiro atoms. The summed E-state index contributed by atoms with van der Waals surface area (Å²) < 4.78 is 0. The van der Waals surface area contributed by atoms with Gasteiger partial charge in [0.15, 0.2) is 0 Å². The van der Waals surface area contributed by atoms with E-state index in [2.05, 4.69) is 5.32 Å². The van der Waals surface area contributed by atoms with Crippen molar-refractivity contribution < 1.29 is 14.7 Å². The third kappa shape index (κ3) is 3.06. The van der Waals surface area contributed by atoms with Crippen molar-refractivity contribution in [1.82, 2.24) is 15.1 Å². The number of nitrogens with zero attached hydrogens (tertiary/aromatic N) is 2. The van der Waals surface area contributed by atoms with Crippen LogP contribution in [0.15, 0.2) is 0 Å². The summed E-state index contributed by atoms with van der Waals surface area (Å²) in [6.45, 7) is 1.20. The van der Waals surface area contributed by atoms with E-state index in [1.807, 2.05) is 0 Å². The van der Waals surface area contributed by atoms with Crippen LogP contribution in [-0.4, -0.2) is 66.2 Å². The minimum Gasteiger partial charge on any atom is -0.394 e. The number of amides is 3. The molecule has 2 aliphatic rings. The first-order valence-corrected chi connectivity index (χ1v) is 7.36. The van der Waals surface area contributed by atoms with Crippen molar-refractivity contribution in [1.29, 1.82) is 0 Å². The van der Waals surface area contributed by atoms with Crippen LogP contribution >= 0.6 is 0 Å². The lowest BCUT2D eigenvalue weighted by molar-refractivity contribution is -0.130. The van der Waals surface area contributed by atoms with E-state index in [0.717, 1.165) is 32.1 Å². The smallest absolute Gasteiger partial charge is 0.319 e. The fraction of sp³-hybridized carbons (Fsp3) is 0.857. The molecule has 3 amide bonds. The highest BCUT2D eigenvalue weighted by Gasteiger charge is 2.40. The van der Waals surface area contributed by atoms with E-state index in [1.54, 1.807) is 23.9 Å². The maximum absolute atomic E-state index is 12.3. The summed E-state index contributed by atoms with van der Waals surface area (Å²) in [7, 11) is 3.45. The van der Waals surface area contributed by atoms with Crippen LogP contribution in [0, 0.1) is 5.92 Å². The van der Waals surface area contributed by atoms with Gasteiger partial charge < -0.3 is 20.2 Å². The molecule has 1 aliphatic heterocycles. The van der Waals surface area contributed by atoms with Crippen molar-refractivity contribution in [2.75, 3.05) is 33.8 Å². The Labute approximate surface area is 120 Å². The van der Waals surface area contributed by atoms with Gasteiger partial charge in [0, 0.05) is 27.2 Å². The topological polar surface area (TPSA) is 72.9 Å². The van der Waals surface area contributed by atoms with Gasteiger partial charge in [-0.05, 0) is 32.1 Å². The zero-order valence-electron chi connectivity index (χ0n) is 12.4. The van der Waals surface area contributed by atoms with Crippen LogP contribution in [0.4, 0.5) is 4.79 Å². The van der Waals surface area contributed by atoms with E-state index >= 15 is 0 Å². The second kappa shape index (κ2) is 5.99. The SMILES string of the molecule is CN(C)C(=O)N1CCCC(C(=O)NC2(CO)CCC2)C1. The first-order chi connectivity index (χ1) is 9.47. The molecule has 1 aliphatic carbocycles. The zero-order chi connectivity index (χ0) is 14.8. The predicted molar refractivity (Wildman–Crippen MR) is 75.2 cm³/mol. The van der Waals surface area contributed by atoms with E-state index in [4.69, 9.17) is 0 Å². The molecule has 0 bridgehead atoms. The van der Waals surface area contributed by atoms with Gasteiger partial charge in [-0.3, -0.25) is 4.79 Å². The molecule has 6 nitrogen and oxygen atoms in total. The number of likely N-dealkylation sites (tertiary alicyclic amines) is 1. The maximum Gasteiger partial charge on any atom is 0.319 e. The Balaban J connectivity index is 1.91. The van der Waals surface area contributed by atoms with Crippen LogP contribution in [0.5, 0.6) is 0 Å². The molecule has 20 heavy (non-hydrogen) atoms. The van der Waals surface area contributed by atoms with E-state index in [9.17, 15) is 14.7 Å². The summed E-state index contributed by atoms with van der Waals surface area (Å²) in [6.07, 6.45) is 4.41. The molecule has 1 saturated carbocycles. The van der Waals surface area contributed by atoms with Gasteiger partial charge in [0.05, 0.1) is 18.1 Å². The van der Waals surface area contributed by atoms with Crippen LogP contribution < -0.4 is 5.32 Å². The zero-order valence-corrected chi connectivity index (χ0v) is 12.4. The monoisotopic (exact) mass is 283 g/mol. The molecule has 2 fully saturated rings. The third-order valence-corrected chi connectivity index (χ3v) is 4.45. The minimum absolute atomic E-state index is 0.00576.